The van der Waals surface area contributed by atoms with Gasteiger partial charge in [0.05, 0.1) is 29.5 Å². The minimum Gasteiger partial charge on any atom is -0.494 e. The first-order valence-electron chi connectivity index (χ1n) is 8.08. The highest BCUT2D eigenvalue weighted by atomic mass is 16.6. The predicted octanol–water partition coefficient (Wildman–Crippen LogP) is 3.40. The number of methoxy groups -OCH3 is 1. The third-order valence-corrected chi connectivity index (χ3v) is 3.95. The maximum atomic E-state index is 12.4. The smallest absolute Gasteiger partial charge is 0.362 e. The number of amides is 2. The number of fused-ring (bicyclic) bond motifs is 1. The number of benzene rings is 2. The second kappa shape index (κ2) is 7.66. The molecule has 1 heterocycles. The van der Waals surface area contributed by atoms with Crippen LogP contribution in [0.15, 0.2) is 51.7 Å². The van der Waals surface area contributed by atoms with Gasteiger partial charge in [0.25, 0.3) is 5.69 Å². The fourth-order valence-corrected chi connectivity index (χ4v) is 2.69. The second-order valence-corrected chi connectivity index (χ2v) is 5.61. The van der Waals surface area contributed by atoms with Crippen LogP contribution in [0.4, 0.5) is 27.5 Å². The molecule has 0 saturated carbocycles. The number of nitrogens with one attached hydrogen (secondary N) is 3. The second-order valence-electron chi connectivity index (χ2n) is 5.61. The average molecular weight is 384 g/mol. The molecule has 3 rings (SSSR count). The molecule has 3 aromatic rings. The minimum absolute atomic E-state index is 0.0698. The number of non-ortho nitro benzene ring substituents is 1. The van der Waals surface area contributed by atoms with Crippen LogP contribution < -0.4 is 26.3 Å². The van der Waals surface area contributed by atoms with Crippen molar-refractivity contribution in [1.29, 1.82) is 0 Å². The van der Waals surface area contributed by atoms with Crippen LogP contribution in [0.25, 0.3) is 11.0 Å². The van der Waals surface area contributed by atoms with Crippen molar-refractivity contribution in [2.45, 2.75) is 0 Å². The van der Waals surface area contributed by atoms with Crippen LogP contribution in [0.5, 0.6) is 5.75 Å². The Kier molecular flexibility index (Phi) is 5.12. The van der Waals surface area contributed by atoms with Gasteiger partial charge in [-0.2, -0.15) is 0 Å². The molecule has 10 heteroatoms. The van der Waals surface area contributed by atoms with Gasteiger partial charge in [0, 0.05) is 18.5 Å². The lowest BCUT2D eigenvalue weighted by atomic mass is 10.2. The first kappa shape index (κ1) is 18.7. The molecule has 28 heavy (non-hydrogen) atoms. The minimum atomic E-state index is -0.744. The normalized spacial score (nSPS) is 10.4. The number of nitro groups is 1. The van der Waals surface area contributed by atoms with E-state index in [2.05, 4.69) is 16.0 Å². The number of hydrogen-bond acceptors (Lipinski definition) is 7. The van der Waals surface area contributed by atoms with Gasteiger partial charge < -0.3 is 19.8 Å². The van der Waals surface area contributed by atoms with Crippen LogP contribution in [0.2, 0.25) is 0 Å². The van der Waals surface area contributed by atoms with Crippen LogP contribution in [0.3, 0.4) is 0 Å². The maximum Gasteiger partial charge on any atom is 0.362 e. The summed E-state index contributed by atoms with van der Waals surface area (Å²) in [5.41, 5.74) is -0.0109. The first-order valence-corrected chi connectivity index (χ1v) is 8.08. The third kappa shape index (κ3) is 3.56. The zero-order chi connectivity index (χ0) is 20.3. The van der Waals surface area contributed by atoms with Gasteiger partial charge in [0.15, 0.2) is 5.69 Å². The summed E-state index contributed by atoms with van der Waals surface area (Å²) in [6, 6.07) is 9.88. The highest BCUT2D eigenvalue weighted by Gasteiger charge is 2.18. The number of para-hydroxylation sites is 1. The lowest BCUT2D eigenvalue weighted by Gasteiger charge is -2.13. The number of rotatable bonds is 5. The number of carbonyl (C=O) groups excluding carboxylic acids is 1. The van der Waals surface area contributed by atoms with E-state index in [1.165, 1.54) is 25.3 Å². The van der Waals surface area contributed by atoms with Gasteiger partial charge >= 0.3 is 11.7 Å². The molecule has 0 bridgehead atoms. The molecule has 2 aromatic carbocycles. The van der Waals surface area contributed by atoms with Crippen molar-refractivity contribution in [2.24, 2.45) is 0 Å². The summed E-state index contributed by atoms with van der Waals surface area (Å²) >= 11 is 0. The van der Waals surface area contributed by atoms with Crippen molar-refractivity contribution in [1.82, 2.24) is 0 Å². The lowest BCUT2D eigenvalue weighted by Crippen LogP contribution is -2.24. The fraction of sp³-hybridized carbons (Fsp3) is 0.111. The van der Waals surface area contributed by atoms with Gasteiger partial charge in [-0.15, -0.1) is 0 Å². The van der Waals surface area contributed by atoms with Crippen molar-refractivity contribution in [3.8, 4) is 5.75 Å². The fourth-order valence-electron chi connectivity index (χ4n) is 2.69. The van der Waals surface area contributed by atoms with Crippen molar-refractivity contribution in [3.05, 3.63) is 63.0 Å². The van der Waals surface area contributed by atoms with E-state index < -0.39 is 16.6 Å². The Morgan fingerprint density at radius 3 is 2.57 bits per heavy atom. The Balaban J connectivity index is 1.91. The van der Waals surface area contributed by atoms with Crippen LogP contribution in [-0.2, 0) is 0 Å². The molecular weight excluding hydrogens is 368 g/mol. The van der Waals surface area contributed by atoms with Crippen LogP contribution >= 0.6 is 0 Å². The number of carbonyl (C=O) groups is 1. The molecule has 0 atom stereocenters. The van der Waals surface area contributed by atoms with E-state index in [9.17, 15) is 19.7 Å². The summed E-state index contributed by atoms with van der Waals surface area (Å²) in [5, 5.41) is 19.3. The molecular formula is C18H16N4O6. The highest BCUT2D eigenvalue weighted by Crippen LogP contribution is 2.30. The predicted molar refractivity (Wildman–Crippen MR) is 104 cm³/mol. The summed E-state index contributed by atoms with van der Waals surface area (Å²) in [6.45, 7) is 0. The van der Waals surface area contributed by atoms with E-state index in [1.54, 1.807) is 31.3 Å². The molecule has 0 radical (unpaired) electrons. The Bertz CT molecular complexity index is 1120. The van der Waals surface area contributed by atoms with Crippen molar-refractivity contribution >= 4 is 39.7 Å². The molecule has 144 valence electrons. The van der Waals surface area contributed by atoms with Crippen LogP contribution in [-0.4, -0.2) is 25.1 Å². The number of nitro benzene ring substituents is 1. The Labute approximate surface area is 158 Å². The van der Waals surface area contributed by atoms with Gasteiger partial charge in [0.2, 0.25) is 0 Å². The lowest BCUT2D eigenvalue weighted by molar-refractivity contribution is -0.384. The molecule has 0 spiro atoms. The third-order valence-electron chi connectivity index (χ3n) is 3.95. The van der Waals surface area contributed by atoms with Gasteiger partial charge in [0.1, 0.15) is 11.3 Å². The highest BCUT2D eigenvalue weighted by molar-refractivity contribution is 6.06. The van der Waals surface area contributed by atoms with E-state index in [4.69, 9.17) is 9.15 Å². The maximum absolute atomic E-state index is 12.4. The summed E-state index contributed by atoms with van der Waals surface area (Å²) in [5.74, 6) is 0.101. The first-order chi connectivity index (χ1) is 13.4. The van der Waals surface area contributed by atoms with Crippen molar-refractivity contribution < 1.29 is 18.9 Å². The summed E-state index contributed by atoms with van der Waals surface area (Å²) in [7, 11) is 2.93. The molecule has 0 unspecified atom stereocenters. The quantitative estimate of drug-likeness (QED) is 0.348. The molecule has 1 aromatic heterocycles. The molecule has 0 aliphatic rings. The number of ether oxygens (including phenoxy) is 1. The number of anilines is 3. The SMILES string of the molecule is CNc1c(NC(=O)Nc2ccc([N+](=O)[O-])cc2OC)c(=O)oc2ccccc12. The molecule has 10 nitrogen and oxygen atoms in total. The van der Waals surface area contributed by atoms with E-state index in [-0.39, 0.29) is 22.8 Å². The monoisotopic (exact) mass is 384 g/mol. The van der Waals surface area contributed by atoms with Gasteiger partial charge in [-0.3, -0.25) is 15.4 Å². The van der Waals surface area contributed by atoms with Crippen LogP contribution in [0.1, 0.15) is 0 Å². The largest absolute Gasteiger partial charge is 0.494 e. The molecule has 0 aliphatic heterocycles. The van der Waals surface area contributed by atoms with E-state index in [0.29, 0.717) is 16.7 Å². The van der Waals surface area contributed by atoms with E-state index in [0.717, 1.165) is 0 Å². The van der Waals surface area contributed by atoms with Crippen molar-refractivity contribution in [3.63, 3.8) is 0 Å². The molecule has 0 saturated heterocycles. The molecule has 0 aliphatic carbocycles. The van der Waals surface area contributed by atoms with Gasteiger partial charge in [-0.1, -0.05) is 12.1 Å². The zero-order valence-corrected chi connectivity index (χ0v) is 14.9. The number of nitrogens with zero attached hydrogens (tertiary/aromatic N) is 1. The van der Waals surface area contributed by atoms with Crippen LogP contribution in [0, 0.1) is 10.1 Å². The van der Waals surface area contributed by atoms with Crippen molar-refractivity contribution in [2.75, 3.05) is 30.1 Å². The van der Waals surface area contributed by atoms with E-state index >= 15 is 0 Å². The number of urea groups is 1. The topological polar surface area (TPSA) is 136 Å². The summed E-state index contributed by atoms with van der Waals surface area (Å²) in [4.78, 5) is 35.0. The summed E-state index contributed by atoms with van der Waals surface area (Å²) in [6.07, 6.45) is 0. The molecule has 0 fully saturated rings. The zero-order valence-electron chi connectivity index (χ0n) is 14.9. The standard InChI is InChI=1S/C18H16N4O6/c1-19-15-11-5-3-4-6-13(11)28-17(23)16(15)21-18(24)20-12-8-7-10(22(25)26)9-14(12)27-2/h3-9,19H,1-2H3,(H2,20,21,24). The molecule has 3 N–H and O–H groups in total. The van der Waals surface area contributed by atoms with Gasteiger partial charge in [-0.05, 0) is 18.2 Å². The summed E-state index contributed by atoms with van der Waals surface area (Å²) < 4.78 is 10.3. The molecule has 2 amide bonds. The number of hydrogen-bond donors (Lipinski definition) is 3. The Hall–Kier alpha value is -4.08. The Morgan fingerprint density at radius 1 is 1.14 bits per heavy atom. The van der Waals surface area contributed by atoms with Gasteiger partial charge in [-0.25, -0.2) is 9.59 Å². The Morgan fingerprint density at radius 2 is 1.89 bits per heavy atom. The average Bonchev–Trinajstić information content (AvgIpc) is 2.68. The van der Waals surface area contributed by atoms with E-state index in [1.807, 2.05) is 0 Å².